The molecule has 0 atom stereocenters. The summed E-state index contributed by atoms with van der Waals surface area (Å²) in [4.78, 5) is 10.4. The molecule has 0 bridgehead atoms. The first kappa shape index (κ1) is 8.87. The Hall–Kier alpha value is -1.22. The number of benzene rings is 1. The fourth-order valence-electron chi connectivity index (χ4n) is 0.867. The monoisotopic (exact) mass is 186 g/mol. The third kappa shape index (κ3) is 1.51. The van der Waals surface area contributed by atoms with Gasteiger partial charge in [-0.3, -0.25) is 4.79 Å². The molecule has 0 unspecified atom stereocenters. The predicted octanol–water partition coefficient (Wildman–Crippen LogP) is 1.87. The highest BCUT2D eigenvalue weighted by atomic mass is 35.5. The minimum atomic E-state index is -0.172. The lowest BCUT2D eigenvalue weighted by Crippen LogP contribution is -1.90. The lowest BCUT2D eigenvalue weighted by molar-refractivity contribution is 0.111. The third-order valence-electron chi connectivity index (χ3n) is 1.42. The molecule has 0 fully saturated rings. The zero-order chi connectivity index (χ0) is 9.14. The van der Waals surface area contributed by atoms with Crippen molar-refractivity contribution in [3.63, 3.8) is 0 Å². The van der Waals surface area contributed by atoms with Crippen molar-refractivity contribution in [1.29, 1.82) is 0 Å². The van der Waals surface area contributed by atoms with Crippen molar-refractivity contribution in [2.24, 2.45) is 0 Å². The van der Waals surface area contributed by atoms with Crippen molar-refractivity contribution in [1.82, 2.24) is 0 Å². The first-order chi connectivity index (χ1) is 5.69. The molecule has 1 rings (SSSR count). The molecule has 0 saturated heterocycles. The second-order valence-corrected chi connectivity index (χ2v) is 2.60. The number of aldehydes is 1. The number of carbonyl (C=O) groups excluding carboxylic acids is 1. The van der Waals surface area contributed by atoms with Crippen molar-refractivity contribution in [3.05, 3.63) is 22.7 Å². The zero-order valence-electron chi connectivity index (χ0n) is 6.37. The van der Waals surface area contributed by atoms with Gasteiger partial charge in [0.15, 0.2) is 6.29 Å². The Kier molecular flexibility index (Phi) is 2.55. The van der Waals surface area contributed by atoms with E-state index in [0.717, 1.165) is 0 Å². The van der Waals surface area contributed by atoms with Crippen molar-refractivity contribution < 1.29 is 14.6 Å². The molecule has 1 aromatic rings. The molecule has 0 saturated carbocycles. The molecular weight excluding hydrogens is 180 g/mol. The maximum atomic E-state index is 10.4. The van der Waals surface area contributed by atoms with Crippen LogP contribution in [0.25, 0.3) is 0 Å². The van der Waals surface area contributed by atoms with Gasteiger partial charge >= 0.3 is 0 Å². The van der Waals surface area contributed by atoms with Crippen LogP contribution in [0.1, 0.15) is 10.4 Å². The van der Waals surface area contributed by atoms with Gasteiger partial charge in [0.2, 0.25) is 0 Å². The van der Waals surface area contributed by atoms with Gasteiger partial charge in [-0.25, -0.2) is 0 Å². The van der Waals surface area contributed by atoms with Crippen LogP contribution in [-0.4, -0.2) is 18.5 Å². The SMILES string of the molecule is COc1cc(Cl)cc(O)c1C=O. The average Bonchev–Trinajstić information content (AvgIpc) is 2.03. The van der Waals surface area contributed by atoms with Crippen LogP contribution in [0.4, 0.5) is 0 Å². The average molecular weight is 187 g/mol. The zero-order valence-corrected chi connectivity index (χ0v) is 7.13. The predicted molar refractivity (Wildman–Crippen MR) is 45.1 cm³/mol. The molecule has 0 aliphatic rings. The Bertz CT molecular complexity index is 309. The highest BCUT2D eigenvalue weighted by Gasteiger charge is 2.08. The van der Waals surface area contributed by atoms with Crippen LogP contribution in [0.5, 0.6) is 11.5 Å². The van der Waals surface area contributed by atoms with Gasteiger partial charge < -0.3 is 9.84 Å². The standard InChI is InChI=1S/C8H7ClO3/c1-12-8-3-5(9)2-7(11)6(8)4-10/h2-4,11H,1H3. The summed E-state index contributed by atoms with van der Waals surface area (Å²) in [5.74, 6) is 0.101. The highest BCUT2D eigenvalue weighted by Crippen LogP contribution is 2.29. The summed E-state index contributed by atoms with van der Waals surface area (Å²) in [5.41, 5.74) is 0.113. The molecule has 0 aliphatic heterocycles. The largest absolute Gasteiger partial charge is 0.507 e. The molecule has 1 N–H and O–H groups in total. The molecule has 0 amide bonds. The first-order valence-electron chi connectivity index (χ1n) is 3.20. The van der Waals surface area contributed by atoms with Crippen LogP contribution in [0, 0.1) is 0 Å². The fourth-order valence-corrected chi connectivity index (χ4v) is 1.07. The van der Waals surface area contributed by atoms with Crippen molar-refractivity contribution >= 4 is 17.9 Å². The summed E-state index contributed by atoms with van der Waals surface area (Å²) in [6, 6.07) is 2.75. The van der Waals surface area contributed by atoms with Gasteiger partial charge in [0, 0.05) is 5.02 Å². The number of ether oxygens (including phenoxy) is 1. The first-order valence-corrected chi connectivity index (χ1v) is 3.58. The normalized spacial score (nSPS) is 9.50. The summed E-state index contributed by atoms with van der Waals surface area (Å²) >= 11 is 5.60. The van der Waals surface area contributed by atoms with Crippen LogP contribution in [0.15, 0.2) is 12.1 Å². The topological polar surface area (TPSA) is 46.5 Å². The Morgan fingerprint density at radius 2 is 2.25 bits per heavy atom. The van der Waals surface area contributed by atoms with E-state index in [0.29, 0.717) is 11.3 Å². The molecule has 12 heavy (non-hydrogen) atoms. The van der Waals surface area contributed by atoms with Gasteiger partial charge in [-0.2, -0.15) is 0 Å². The molecule has 3 nitrogen and oxygen atoms in total. The second-order valence-electron chi connectivity index (χ2n) is 2.16. The molecule has 0 aromatic heterocycles. The third-order valence-corrected chi connectivity index (χ3v) is 1.64. The van der Waals surface area contributed by atoms with Crippen LogP contribution in [0.2, 0.25) is 5.02 Å². The summed E-state index contributed by atoms with van der Waals surface area (Å²) in [6.45, 7) is 0. The van der Waals surface area contributed by atoms with E-state index in [-0.39, 0.29) is 17.1 Å². The van der Waals surface area contributed by atoms with E-state index in [4.69, 9.17) is 16.3 Å². The number of hydrogen-bond donors (Lipinski definition) is 1. The van der Waals surface area contributed by atoms with E-state index in [1.807, 2.05) is 0 Å². The molecular formula is C8H7ClO3. The number of rotatable bonds is 2. The molecule has 4 heteroatoms. The molecule has 1 aromatic carbocycles. The lowest BCUT2D eigenvalue weighted by atomic mass is 10.2. The van der Waals surface area contributed by atoms with Crippen LogP contribution < -0.4 is 4.74 Å². The van der Waals surface area contributed by atoms with Gasteiger partial charge in [-0.15, -0.1) is 0 Å². The van der Waals surface area contributed by atoms with Gasteiger partial charge in [0.05, 0.1) is 12.7 Å². The highest BCUT2D eigenvalue weighted by molar-refractivity contribution is 6.31. The minimum absolute atomic E-state index is 0.113. The molecule has 0 aliphatic carbocycles. The summed E-state index contributed by atoms with van der Waals surface area (Å²) in [7, 11) is 1.40. The summed E-state index contributed by atoms with van der Waals surface area (Å²) in [6.07, 6.45) is 0.518. The molecule has 64 valence electrons. The molecule has 0 heterocycles. The Morgan fingerprint density at radius 1 is 1.58 bits per heavy atom. The van der Waals surface area contributed by atoms with E-state index in [9.17, 15) is 9.90 Å². The fraction of sp³-hybridized carbons (Fsp3) is 0.125. The van der Waals surface area contributed by atoms with E-state index >= 15 is 0 Å². The summed E-state index contributed by atoms with van der Waals surface area (Å²) < 4.78 is 4.82. The number of halogens is 1. The van der Waals surface area contributed by atoms with Crippen LogP contribution >= 0.6 is 11.6 Å². The van der Waals surface area contributed by atoms with Crippen LogP contribution in [0.3, 0.4) is 0 Å². The van der Waals surface area contributed by atoms with Gasteiger partial charge in [0.25, 0.3) is 0 Å². The Balaban J connectivity index is 3.33. The van der Waals surface area contributed by atoms with E-state index in [2.05, 4.69) is 0 Å². The van der Waals surface area contributed by atoms with E-state index < -0.39 is 0 Å². The summed E-state index contributed by atoms with van der Waals surface area (Å²) in [5, 5.41) is 9.54. The second kappa shape index (κ2) is 3.45. The van der Waals surface area contributed by atoms with Gasteiger partial charge in [-0.05, 0) is 12.1 Å². The van der Waals surface area contributed by atoms with Gasteiger partial charge in [-0.1, -0.05) is 11.6 Å². The lowest BCUT2D eigenvalue weighted by Gasteiger charge is -2.05. The van der Waals surface area contributed by atoms with Crippen LogP contribution in [-0.2, 0) is 0 Å². The quantitative estimate of drug-likeness (QED) is 0.718. The maximum absolute atomic E-state index is 10.4. The minimum Gasteiger partial charge on any atom is -0.507 e. The van der Waals surface area contributed by atoms with Gasteiger partial charge in [0.1, 0.15) is 11.5 Å². The molecule has 0 radical (unpaired) electrons. The Labute approximate surface area is 74.5 Å². The number of hydrogen-bond acceptors (Lipinski definition) is 3. The number of carbonyl (C=O) groups is 1. The number of aromatic hydroxyl groups is 1. The smallest absolute Gasteiger partial charge is 0.157 e. The number of phenols is 1. The van der Waals surface area contributed by atoms with E-state index in [1.54, 1.807) is 0 Å². The Morgan fingerprint density at radius 3 is 2.75 bits per heavy atom. The maximum Gasteiger partial charge on any atom is 0.157 e. The van der Waals surface area contributed by atoms with E-state index in [1.165, 1.54) is 19.2 Å². The number of phenolic OH excluding ortho intramolecular Hbond substituents is 1. The van der Waals surface area contributed by atoms with Crippen molar-refractivity contribution in [3.8, 4) is 11.5 Å². The molecule has 0 spiro atoms. The van der Waals surface area contributed by atoms with Crippen molar-refractivity contribution in [2.45, 2.75) is 0 Å². The number of methoxy groups -OCH3 is 1. The van der Waals surface area contributed by atoms with Crippen molar-refractivity contribution in [2.75, 3.05) is 7.11 Å².